The van der Waals surface area contributed by atoms with Crippen LogP contribution in [0.2, 0.25) is 5.82 Å². The maximum absolute atomic E-state index is 11.6. The Morgan fingerprint density at radius 1 is 1.25 bits per heavy atom. The van der Waals surface area contributed by atoms with Crippen LogP contribution in [0.1, 0.15) is 27.2 Å². The molecular formula is C13H25BO7P2S. The Morgan fingerprint density at radius 2 is 1.83 bits per heavy atom. The third-order valence-electron chi connectivity index (χ3n) is 3.41. The molecule has 1 saturated carbocycles. The summed E-state index contributed by atoms with van der Waals surface area (Å²) >= 11 is 5.05. The number of hydrogen-bond donors (Lipinski definition) is 2. The summed E-state index contributed by atoms with van der Waals surface area (Å²) in [6, 6.07) is 0. The van der Waals surface area contributed by atoms with Crippen molar-refractivity contribution in [2.75, 3.05) is 14.2 Å². The van der Waals surface area contributed by atoms with Gasteiger partial charge in [-0.2, -0.15) is 0 Å². The van der Waals surface area contributed by atoms with Crippen LogP contribution in [0.25, 0.3) is 0 Å². The fraction of sp³-hybridized carbons (Fsp3) is 0.846. The van der Waals surface area contributed by atoms with Crippen LogP contribution >= 0.6 is 14.3 Å². The molecule has 138 valence electrons. The summed E-state index contributed by atoms with van der Waals surface area (Å²) in [6.45, 7) is 1.75. The topological polar surface area (TPSA) is 94.5 Å². The quantitative estimate of drug-likeness (QED) is 0.500. The standard InChI is InChI=1S/C13H25BO7P2S/c1-13(2,3)21-23(17,24)20-12-10(14)8-9(11(12)18-4)6-7-22(15,16)19-5/h6-7,9-12H,8H2,1-5H3,(H,15,16)(H,17,24)/b7-6+/t9-,10-,11+,12-,23?/m0/s1. The first kappa shape index (κ1) is 22.5. The molecule has 0 heterocycles. The normalized spacial score (nSPS) is 33.5. The van der Waals surface area contributed by atoms with Crippen molar-refractivity contribution in [3.63, 3.8) is 0 Å². The number of rotatable bonds is 7. The molecule has 6 atom stereocenters. The lowest BCUT2D eigenvalue weighted by atomic mass is 9.84. The van der Waals surface area contributed by atoms with Gasteiger partial charge < -0.3 is 28.1 Å². The summed E-state index contributed by atoms with van der Waals surface area (Å²) in [5, 5.41) is 0. The van der Waals surface area contributed by atoms with Crippen molar-refractivity contribution >= 4 is 34.0 Å². The minimum atomic E-state index is -3.78. The molecule has 0 aliphatic heterocycles. The summed E-state index contributed by atoms with van der Waals surface area (Å²) in [6.07, 6.45) is 0.732. The summed E-state index contributed by atoms with van der Waals surface area (Å²) in [4.78, 5) is 19.7. The maximum Gasteiger partial charge on any atom is 0.351 e. The van der Waals surface area contributed by atoms with Crippen LogP contribution in [-0.2, 0) is 34.7 Å². The molecule has 0 aromatic carbocycles. The summed E-state index contributed by atoms with van der Waals surface area (Å²) in [7, 11) is 4.93. The maximum atomic E-state index is 11.6. The van der Waals surface area contributed by atoms with Crippen LogP contribution in [0.5, 0.6) is 0 Å². The highest BCUT2D eigenvalue weighted by Crippen LogP contribution is 2.54. The van der Waals surface area contributed by atoms with Gasteiger partial charge in [0.1, 0.15) is 0 Å². The Morgan fingerprint density at radius 3 is 2.29 bits per heavy atom. The van der Waals surface area contributed by atoms with E-state index in [1.54, 1.807) is 20.8 Å². The zero-order valence-electron chi connectivity index (χ0n) is 14.5. The van der Waals surface area contributed by atoms with E-state index in [2.05, 4.69) is 4.52 Å². The van der Waals surface area contributed by atoms with Crippen molar-refractivity contribution in [3.05, 3.63) is 11.9 Å². The largest absolute Gasteiger partial charge is 0.378 e. The molecule has 1 rings (SSSR count). The lowest BCUT2D eigenvalue weighted by molar-refractivity contribution is -0.00962. The van der Waals surface area contributed by atoms with E-state index in [9.17, 15) is 14.4 Å². The highest BCUT2D eigenvalue weighted by atomic mass is 32.5. The highest BCUT2D eigenvalue weighted by molar-refractivity contribution is 8.07. The van der Waals surface area contributed by atoms with Crippen LogP contribution in [-0.4, -0.2) is 49.7 Å². The van der Waals surface area contributed by atoms with E-state index in [-0.39, 0.29) is 5.92 Å². The van der Waals surface area contributed by atoms with Crippen LogP contribution in [0.15, 0.2) is 11.9 Å². The van der Waals surface area contributed by atoms with Gasteiger partial charge in [0.25, 0.3) is 0 Å². The first-order valence-electron chi connectivity index (χ1n) is 7.38. The summed E-state index contributed by atoms with van der Waals surface area (Å²) < 4.78 is 32.5. The van der Waals surface area contributed by atoms with Crippen LogP contribution in [0.3, 0.4) is 0 Å². The summed E-state index contributed by atoms with van der Waals surface area (Å²) in [5.41, 5.74) is -0.670. The second-order valence-electron chi connectivity index (χ2n) is 6.59. The minimum Gasteiger partial charge on any atom is -0.378 e. The van der Waals surface area contributed by atoms with Crippen molar-refractivity contribution in [2.45, 2.75) is 50.8 Å². The molecule has 0 amide bonds. The number of hydrogen-bond acceptors (Lipinski definition) is 6. The van der Waals surface area contributed by atoms with Gasteiger partial charge in [0.2, 0.25) is 0 Å². The first-order chi connectivity index (χ1) is 10.8. The second-order valence-corrected chi connectivity index (χ2v) is 11.1. The van der Waals surface area contributed by atoms with E-state index >= 15 is 0 Å². The molecule has 0 aromatic heterocycles. The molecule has 1 aliphatic carbocycles. The Kier molecular flexibility index (Phi) is 7.89. The van der Waals surface area contributed by atoms with Gasteiger partial charge in [-0.25, -0.2) is 0 Å². The van der Waals surface area contributed by atoms with Crippen molar-refractivity contribution in [3.8, 4) is 0 Å². The monoisotopic (exact) mass is 398 g/mol. The average Bonchev–Trinajstić information content (AvgIpc) is 2.69. The van der Waals surface area contributed by atoms with Crippen LogP contribution in [0.4, 0.5) is 0 Å². The Labute approximate surface area is 149 Å². The molecule has 1 fully saturated rings. The van der Waals surface area contributed by atoms with Crippen molar-refractivity contribution in [1.82, 2.24) is 0 Å². The fourth-order valence-corrected chi connectivity index (χ4v) is 5.35. The predicted molar refractivity (Wildman–Crippen MR) is 96.6 cm³/mol. The van der Waals surface area contributed by atoms with Crippen LogP contribution < -0.4 is 0 Å². The van der Waals surface area contributed by atoms with Crippen molar-refractivity contribution < 1.29 is 32.7 Å². The molecule has 0 spiro atoms. The van der Waals surface area contributed by atoms with Gasteiger partial charge in [0.15, 0.2) is 0 Å². The number of ether oxygens (including phenoxy) is 1. The third-order valence-corrected chi connectivity index (χ3v) is 6.25. The highest BCUT2D eigenvalue weighted by Gasteiger charge is 2.44. The SMILES string of the molecule is [B][C@H]1C[C@H](/C=C/P(=O)(O)OC)[C@@H](OC)[C@H]1OP(O)(=S)OC(C)(C)C. The molecular weight excluding hydrogens is 373 g/mol. The van der Waals surface area contributed by atoms with E-state index in [0.717, 1.165) is 12.9 Å². The molecule has 2 N–H and O–H groups in total. The lowest BCUT2D eigenvalue weighted by Crippen LogP contribution is -2.31. The van der Waals surface area contributed by atoms with Gasteiger partial charge in [-0.15, -0.1) is 0 Å². The molecule has 11 heteroatoms. The smallest absolute Gasteiger partial charge is 0.351 e. The zero-order chi connectivity index (χ0) is 18.8. The molecule has 0 aromatic rings. The van der Waals surface area contributed by atoms with Gasteiger partial charge >= 0.3 is 14.3 Å². The predicted octanol–water partition coefficient (Wildman–Crippen LogP) is 2.74. The lowest BCUT2D eigenvalue weighted by Gasteiger charge is -2.31. The van der Waals surface area contributed by atoms with E-state index in [1.165, 1.54) is 13.2 Å². The van der Waals surface area contributed by atoms with E-state index in [4.69, 9.17) is 33.4 Å². The zero-order valence-corrected chi connectivity index (χ0v) is 17.1. The molecule has 0 bridgehead atoms. The van der Waals surface area contributed by atoms with Gasteiger partial charge in [-0.1, -0.05) is 6.08 Å². The summed E-state index contributed by atoms with van der Waals surface area (Å²) in [5.74, 6) is 0.345. The number of methoxy groups -OCH3 is 1. The van der Waals surface area contributed by atoms with E-state index < -0.39 is 37.9 Å². The molecule has 0 saturated heterocycles. The van der Waals surface area contributed by atoms with Crippen molar-refractivity contribution in [2.24, 2.45) is 5.92 Å². The average molecular weight is 398 g/mol. The van der Waals surface area contributed by atoms with Crippen LogP contribution in [0, 0.1) is 5.92 Å². The third kappa shape index (κ3) is 6.98. The van der Waals surface area contributed by atoms with Gasteiger partial charge in [-0.05, 0) is 44.8 Å². The van der Waals surface area contributed by atoms with Gasteiger partial charge in [-0.3, -0.25) is 4.57 Å². The van der Waals surface area contributed by atoms with Crippen molar-refractivity contribution in [1.29, 1.82) is 0 Å². The molecule has 7 nitrogen and oxygen atoms in total. The Balaban J connectivity index is 2.89. The van der Waals surface area contributed by atoms with Gasteiger partial charge in [0, 0.05) is 26.0 Å². The van der Waals surface area contributed by atoms with E-state index in [0.29, 0.717) is 6.42 Å². The first-order valence-corrected chi connectivity index (χ1v) is 11.6. The molecule has 24 heavy (non-hydrogen) atoms. The van der Waals surface area contributed by atoms with Gasteiger partial charge in [0.05, 0.1) is 25.7 Å². The fourth-order valence-electron chi connectivity index (χ4n) is 2.51. The molecule has 2 radical (unpaired) electrons. The Hall–Kier alpha value is 0.445. The Bertz CT molecular complexity index is 551. The van der Waals surface area contributed by atoms with E-state index in [1.807, 2.05) is 0 Å². The second kappa shape index (κ2) is 8.42. The minimum absolute atomic E-state index is 0.282. The molecule has 2 unspecified atom stereocenters. The molecule has 1 aliphatic rings.